The summed E-state index contributed by atoms with van der Waals surface area (Å²) in [6.45, 7) is 6.39. The zero-order valence-corrected chi connectivity index (χ0v) is 24.8. The number of carbonyl (C=O) groups excluding carboxylic acids is 1. The number of thiazole rings is 1. The molecule has 2 heterocycles. The van der Waals surface area contributed by atoms with Crippen LogP contribution in [0.2, 0.25) is 0 Å². The van der Waals surface area contributed by atoms with Crippen LogP contribution in [0.25, 0.3) is 6.08 Å². The van der Waals surface area contributed by atoms with Crippen LogP contribution in [0.4, 0.5) is 0 Å². The molecular weight excluding hydrogens is 552 g/mol. The van der Waals surface area contributed by atoms with Crippen molar-refractivity contribution in [1.29, 1.82) is 0 Å². The molecule has 8 nitrogen and oxygen atoms in total. The van der Waals surface area contributed by atoms with Crippen molar-refractivity contribution in [2.45, 2.75) is 33.4 Å². The number of hydrogen-bond acceptors (Lipinski definition) is 8. The monoisotopic (exact) mass is 584 g/mol. The van der Waals surface area contributed by atoms with Crippen LogP contribution in [0.1, 0.15) is 43.5 Å². The van der Waals surface area contributed by atoms with Crippen LogP contribution in [-0.2, 0) is 16.1 Å². The summed E-state index contributed by atoms with van der Waals surface area (Å²) in [6, 6.07) is 22.1. The van der Waals surface area contributed by atoms with Crippen molar-refractivity contribution >= 4 is 23.4 Å². The Morgan fingerprint density at radius 2 is 1.74 bits per heavy atom. The van der Waals surface area contributed by atoms with E-state index in [0.29, 0.717) is 45.3 Å². The molecule has 0 unspecified atom stereocenters. The predicted molar refractivity (Wildman–Crippen MR) is 162 cm³/mol. The van der Waals surface area contributed by atoms with Gasteiger partial charge in [0.15, 0.2) is 16.3 Å². The quantitative estimate of drug-likeness (QED) is 0.249. The summed E-state index contributed by atoms with van der Waals surface area (Å²) in [5, 5.41) is 0. The van der Waals surface area contributed by atoms with Gasteiger partial charge >= 0.3 is 5.97 Å². The number of ether oxygens (including phenoxy) is 4. The lowest BCUT2D eigenvalue weighted by Gasteiger charge is -2.26. The van der Waals surface area contributed by atoms with Gasteiger partial charge in [0.05, 0.1) is 36.1 Å². The minimum Gasteiger partial charge on any atom is -0.493 e. The second kappa shape index (κ2) is 12.9. The Morgan fingerprint density at radius 3 is 2.43 bits per heavy atom. The fraction of sp³-hybridized carbons (Fsp3) is 0.242. The number of methoxy groups -OCH3 is 1. The second-order valence-corrected chi connectivity index (χ2v) is 10.5. The maximum atomic E-state index is 14.0. The number of benzene rings is 3. The van der Waals surface area contributed by atoms with Crippen molar-refractivity contribution < 1.29 is 23.7 Å². The van der Waals surface area contributed by atoms with E-state index in [1.807, 2.05) is 79.7 Å². The highest BCUT2D eigenvalue weighted by atomic mass is 32.1. The zero-order chi connectivity index (χ0) is 29.6. The van der Waals surface area contributed by atoms with Crippen LogP contribution in [0, 0.1) is 0 Å². The SMILES string of the molecule is CCOC(=O)C1=C(C)N=c2s/c(=C/c3ccc(OCc4ccccc4)cc3)c(=O)n2[C@@H]1c1cccc(OC)c1OCC. The van der Waals surface area contributed by atoms with E-state index in [0.717, 1.165) is 16.9 Å². The molecule has 0 bridgehead atoms. The summed E-state index contributed by atoms with van der Waals surface area (Å²) in [7, 11) is 1.55. The molecule has 0 radical (unpaired) electrons. The molecular formula is C33H32N2O6S. The molecule has 1 atom stereocenters. The lowest BCUT2D eigenvalue weighted by atomic mass is 9.94. The molecule has 3 aromatic carbocycles. The summed E-state index contributed by atoms with van der Waals surface area (Å²) in [4.78, 5) is 32.4. The third-order valence-corrected chi connectivity index (χ3v) is 7.74. The molecule has 0 amide bonds. The van der Waals surface area contributed by atoms with Gasteiger partial charge in [0.1, 0.15) is 18.4 Å². The number of nitrogens with zero attached hydrogens (tertiary/aromatic N) is 2. The standard InChI is InChI=1S/C33H32N2O6S/c1-5-39-30-25(13-10-14-26(30)38-4)29-28(32(37)40-6-2)21(3)34-33-35(29)31(36)27(42-33)19-22-15-17-24(18-16-22)41-20-23-11-8-7-9-12-23/h7-19,29H,5-6,20H2,1-4H3/b27-19+/t29-/m1/s1. The van der Waals surface area contributed by atoms with Gasteiger partial charge in [0, 0.05) is 5.56 Å². The minimum atomic E-state index is -0.812. The molecule has 9 heteroatoms. The van der Waals surface area contributed by atoms with Crippen molar-refractivity contribution in [2.24, 2.45) is 4.99 Å². The van der Waals surface area contributed by atoms with E-state index in [2.05, 4.69) is 4.99 Å². The van der Waals surface area contributed by atoms with Crippen LogP contribution < -0.4 is 29.1 Å². The van der Waals surface area contributed by atoms with Crippen molar-refractivity contribution in [3.8, 4) is 17.2 Å². The number of esters is 1. The van der Waals surface area contributed by atoms with Crippen LogP contribution >= 0.6 is 11.3 Å². The Labute approximate surface area is 247 Å². The molecule has 0 N–H and O–H groups in total. The first-order valence-corrected chi connectivity index (χ1v) is 14.5. The van der Waals surface area contributed by atoms with Gasteiger partial charge in [-0.2, -0.15) is 0 Å². The highest BCUT2D eigenvalue weighted by molar-refractivity contribution is 7.07. The first-order chi connectivity index (χ1) is 20.4. The van der Waals surface area contributed by atoms with Crippen LogP contribution in [0.15, 0.2) is 93.9 Å². The van der Waals surface area contributed by atoms with Crippen LogP contribution in [0.5, 0.6) is 17.2 Å². The Balaban J connectivity index is 1.57. The fourth-order valence-corrected chi connectivity index (χ4v) is 5.89. The Hall–Kier alpha value is -4.63. The van der Waals surface area contributed by atoms with E-state index in [1.54, 1.807) is 31.6 Å². The Morgan fingerprint density at radius 1 is 0.976 bits per heavy atom. The third kappa shape index (κ3) is 5.87. The number of para-hydroxylation sites is 1. The summed E-state index contributed by atoms with van der Waals surface area (Å²) >= 11 is 1.27. The van der Waals surface area contributed by atoms with Gasteiger partial charge in [-0.15, -0.1) is 0 Å². The fourth-order valence-electron chi connectivity index (χ4n) is 4.85. The van der Waals surface area contributed by atoms with Gasteiger partial charge in [0.2, 0.25) is 0 Å². The number of hydrogen-bond donors (Lipinski definition) is 0. The average Bonchev–Trinajstić information content (AvgIpc) is 3.30. The number of aromatic nitrogens is 1. The number of allylic oxidation sites excluding steroid dienone is 1. The van der Waals surface area contributed by atoms with E-state index in [4.69, 9.17) is 18.9 Å². The molecule has 1 aliphatic rings. The van der Waals surface area contributed by atoms with Crippen LogP contribution in [0.3, 0.4) is 0 Å². The average molecular weight is 585 g/mol. The number of rotatable bonds is 10. The topological polar surface area (TPSA) is 88.4 Å². The van der Waals surface area contributed by atoms with E-state index in [1.165, 1.54) is 11.3 Å². The van der Waals surface area contributed by atoms with Crippen molar-refractivity contribution in [3.05, 3.63) is 120 Å². The lowest BCUT2D eigenvalue weighted by molar-refractivity contribution is -0.139. The Kier molecular flexibility index (Phi) is 8.88. The molecule has 0 saturated carbocycles. The maximum Gasteiger partial charge on any atom is 0.338 e. The third-order valence-electron chi connectivity index (χ3n) is 6.76. The molecule has 1 aliphatic heterocycles. The zero-order valence-electron chi connectivity index (χ0n) is 24.0. The molecule has 5 rings (SSSR count). The van der Waals surface area contributed by atoms with E-state index in [-0.39, 0.29) is 17.7 Å². The number of carbonyl (C=O) groups is 1. The smallest absolute Gasteiger partial charge is 0.338 e. The van der Waals surface area contributed by atoms with Gasteiger partial charge in [-0.1, -0.05) is 65.9 Å². The second-order valence-electron chi connectivity index (χ2n) is 9.46. The number of fused-ring (bicyclic) bond motifs is 1. The molecule has 0 saturated heterocycles. The lowest BCUT2D eigenvalue weighted by Crippen LogP contribution is -2.40. The summed E-state index contributed by atoms with van der Waals surface area (Å²) in [6.07, 6.45) is 1.82. The van der Waals surface area contributed by atoms with Crippen molar-refractivity contribution in [1.82, 2.24) is 4.57 Å². The van der Waals surface area contributed by atoms with E-state index >= 15 is 0 Å². The van der Waals surface area contributed by atoms with Gasteiger partial charge < -0.3 is 18.9 Å². The predicted octanol–water partition coefficient (Wildman–Crippen LogP) is 4.78. The van der Waals surface area contributed by atoms with Gasteiger partial charge in [0.25, 0.3) is 5.56 Å². The Bertz CT molecular complexity index is 1790. The van der Waals surface area contributed by atoms with E-state index in [9.17, 15) is 9.59 Å². The maximum absolute atomic E-state index is 14.0. The van der Waals surface area contributed by atoms with Gasteiger partial charge in [-0.05, 0) is 56.2 Å². The van der Waals surface area contributed by atoms with Crippen molar-refractivity contribution in [2.75, 3.05) is 20.3 Å². The summed E-state index contributed by atoms with van der Waals surface area (Å²) < 4.78 is 24.9. The molecule has 0 fully saturated rings. The molecule has 4 aromatic rings. The van der Waals surface area contributed by atoms with Gasteiger partial charge in [-0.25, -0.2) is 9.79 Å². The normalized spacial score (nSPS) is 14.7. The first kappa shape index (κ1) is 28.9. The van der Waals surface area contributed by atoms with Crippen molar-refractivity contribution in [3.63, 3.8) is 0 Å². The summed E-state index contributed by atoms with van der Waals surface area (Å²) in [5.41, 5.74) is 3.02. The highest BCUT2D eigenvalue weighted by Gasteiger charge is 2.35. The molecule has 42 heavy (non-hydrogen) atoms. The highest BCUT2D eigenvalue weighted by Crippen LogP contribution is 2.40. The van der Waals surface area contributed by atoms with Crippen LogP contribution in [-0.4, -0.2) is 30.9 Å². The van der Waals surface area contributed by atoms with Gasteiger partial charge in [-0.3, -0.25) is 9.36 Å². The van der Waals surface area contributed by atoms with E-state index < -0.39 is 12.0 Å². The largest absolute Gasteiger partial charge is 0.493 e. The molecule has 216 valence electrons. The molecule has 0 spiro atoms. The molecule has 1 aromatic heterocycles. The summed E-state index contributed by atoms with van der Waals surface area (Å²) in [5.74, 6) is 1.16. The minimum absolute atomic E-state index is 0.189. The first-order valence-electron chi connectivity index (χ1n) is 13.7. The molecule has 0 aliphatic carbocycles.